The molecule has 0 aliphatic carbocycles. The van der Waals surface area contributed by atoms with Gasteiger partial charge in [0, 0.05) is 24.0 Å². The zero-order valence-corrected chi connectivity index (χ0v) is 12.6. The van der Waals surface area contributed by atoms with E-state index in [0.717, 1.165) is 11.8 Å². The molecule has 0 radical (unpaired) electrons. The normalized spacial score (nSPS) is 22.6. The number of carbonyl (C=O) groups is 1. The molecule has 0 bridgehead atoms. The lowest BCUT2D eigenvalue weighted by Gasteiger charge is -2.25. The molecular weight excluding hydrogens is 313 g/mol. The van der Waals surface area contributed by atoms with Crippen molar-refractivity contribution in [2.75, 3.05) is 19.0 Å². The van der Waals surface area contributed by atoms with Gasteiger partial charge in [0.2, 0.25) is 0 Å². The van der Waals surface area contributed by atoms with E-state index in [-0.39, 0.29) is 17.5 Å². The van der Waals surface area contributed by atoms with Crippen molar-refractivity contribution in [1.29, 1.82) is 0 Å². The molecule has 5 heteroatoms. The predicted molar refractivity (Wildman–Crippen MR) is 75.4 cm³/mol. The molecule has 1 heterocycles. The van der Waals surface area contributed by atoms with Gasteiger partial charge in [-0.15, -0.1) is 0 Å². The lowest BCUT2D eigenvalue weighted by molar-refractivity contribution is 0.0734. The van der Waals surface area contributed by atoms with Gasteiger partial charge in [0.05, 0.1) is 12.7 Å². The van der Waals surface area contributed by atoms with Gasteiger partial charge < -0.3 is 9.64 Å². The van der Waals surface area contributed by atoms with Gasteiger partial charge in [0.1, 0.15) is 11.6 Å². The highest BCUT2D eigenvalue weighted by Crippen LogP contribution is 2.28. The molecule has 1 aromatic rings. The average molecular weight is 330 g/mol. The third-order valence-corrected chi connectivity index (χ3v) is 4.37. The zero-order valence-electron chi connectivity index (χ0n) is 11.0. The number of methoxy groups -OCH3 is 1. The fraction of sp³-hybridized carbons (Fsp3) is 0.500. The second-order valence-corrected chi connectivity index (χ2v) is 5.48. The topological polar surface area (TPSA) is 29.5 Å². The standard InChI is InChI=1S/C14H17BrFNO2/c1-9-5-6-17(13(9)8-15)14(18)11-4-3-10(19-2)7-12(11)16/h3-4,7,9,13H,5-6,8H2,1-2H3. The van der Waals surface area contributed by atoms with Crippen LogP contribution in [-0.4, -0.2) is 35.8 Å². The second kappa shape index (κ2) is 5.90. The summed E-state index contributed by atoms with van der Waals surface area (Å²) < 4.78 is 18.9. The van der Waals surface area contributed by atoms with E-state index in [2.05, 4.69) is 22.9 Å². The lowest BCUT2D eigenvalue weighted by atomic mass is 10.0. The zero-order chi connectivity index (χ0) is 14.0. The number of rotatable bonds is 3. The molecule has 2 unspecified atom stereocenters. The van der Waals surface area contributed by atoms with Gasteiger partial charge in [-0.3, -0.25) is 4.79 Å². The van der Waals surface area contributed by atoms with Gasteiger partial charge in [-0.1, -0.05) is 22.9 Å². The van der Waals surface area contributed by atoms with Crippen molar-refractivity contribution < 1.29 is 13.9 Å². The number of nitrogens with zero attached hydrogens (tertiary/aromatic N) is 1. The summed E-state index contributed by atoms with van der Waals surface area (Å²) in [5.74, 6) is 0.0803. The van der Waals surface area contributed by atoms with Crippen molar-refractivity contribution in [3.63, 3.8) is 0 Å². The first-order chi connectivity index (χ1) is 9.08. The van der Waals surface area contributed by atoms with Gasteiger partial charge in [0.15, 0.2) is 0 Å². The molecule has 1 amide bonds. The van der Waals surface area contributed by atoms with E-state index in [9.17, 15) is 9.18 Å². The molecule has 1 saturated heterocycles. The van der Waals surface area contributed by atoms with Gasteiger partial charge in [-0.2, -0.15) is 0 Å². The fourth-order valence-corrected chi connectivity index (χ4v) is 3.43. The van der Waals surface area contributed by atoms with Gasteiger partial charge in [-0.05, 0) is 24.5 Å². The van der Waals surface area contributed by atoms with Gasteiger partial charge in [-0.25, -0.2) is 4.39 Å². The third kappa shape index (κ3) is 2.76. The highest BCUT2D eigenvalue weighted by molar-refractivity contribution is 9.09. The van der Waals surface area contributed by atoms with Gasteiger partial charge in [0.25, 0.3) is 5.91 Å². The summed E-state index contributed by atoms with van der Waals surface area (Å²) in [5, 5.41) is 0.720. The molecule has 1 fully saturated rings. The van der Waals surface area contributed by atoms with E-state index >= 15 is 0 Å². The Labute approximate surface area is 120 Å². The molecule has 2 atom stereocenters. The van der Waals surface area contributed by atoms with Crippen molar-refractivity contribution in [3.05, 3.63) is 29.6 Å². The van der Waals surface area contributed by atoms with Crippen LogP contribution in [0.4, 0.5) is 4.39 Å². The summed E-state index contributed by atoms with van der Waals surface area (Å²) >= 11 is 3.43. The Morgan fingerprint density at radius 2 is 2.32 bits per heavy atom. The first kappa shape index (κ1) is 14.3. The molecule has 0 spiro atoms. The van der Waals surface area contributed by atoms with Crippen LogP contribution in [0.15, 0.2) is 18.2 Å². The first-order valence-corrected chi connectivity index (χ1v) is 7.41. The van der Waals surface area contributed by atoms with Crippen molar-refractivity contribution in [2.45, 2.75) is 19.4 Å². The third-order valence-electron chi connectivity index (χ3n) is 3.71. The molecule has 0 aromatic heterocycles. The molecule has 1 aliphatic rings. The van der Waals surface area contributed by atoms with E-state index < -0.39 is 5.82 Å². The number of amides is 1. The summed E-state index contributed by atoms with van der Waals surface area (Å²) in [6, 6.07) is 4.48. The second-order valence-electron chi connectivity index (χ2n) is 4.83. The Hall–Kier alpha value is -1.10. The Morgan fingerprint density at radius 3 is 2.89 bits per heavy atom. The van der Waals surface area contributed by atoms with Crippen LogP contribution in [-0.2, 0) is 0 Å². The Kier molecular flexibility index (Phi) is 4.45. The minimum Gasteiger partial charge on any atom is -0.497 e. The van der Waals surface area contributed by atoms with Crippen LogP contribution in [0, 0.1) is 11.7 Å². The van der Waals surface area contributed by atoms with Crippen LogP contribution in [0.3, 0.4) is 0 Å². The molecular formula is C14H17BrFNO2. The number of alkyl halides is 1. The number of likely N-dealkylation sites (tertiary alicyclic amines) is 1. The van der Waals surface area contributed by atoms with E-state index in [1.54, 1.807) is 11.0 Å². The first-order valence-electron chi connectivity index (χ1n) is 6.29. The van der Waals surface area contributed by atoms with Crippen LogP contribution in [0.2, 0.25) is 0 Å². The summed E-state index contributed by atoms with van der Waals surface area (Å²) in [6.45, 7) is 2.80. The molecule has 1 aliphatic heterocycles. The quantitative estimate of drug-likeness (QED) is 0.797. The van der Waals surface area contributed by atoms with Crippen LogP contribution in [0.5, 0.6) is 5.75 Å². The number of hydrogen-bond donors (Lipinski definition) is 0. The minimum absolute atomic E-state index is 0.112. The number of benzene rings is 1. The van der Waals surface area contributed by atoms with Crippen molar-refractivity contribution in [3.8, 4) is 5.75 Å². The summed E-state index contributed by atoms with van der Waals surface area (Å²) in [7, 11) is 1.47. The van der Waals surface area contributed by atoms with E-state index in [1.165, 1.54) is 19.2 Å². The van der Waals surface area contributed by atoms with E-state index in [4.69, 9.17) is 4.74 Å². The molecule has 2 rings (SSSR count). The smallest absolute Gasteiger partial charge is 0.257 e. The molecule has 104 valence electrons. The Morgan fingerprint density at radius 1 is 1.58 bits per heavy atom. The molecule has 0 saturated carbocycles. The molecule has 0 N–H and O–H groups in total. The average Bonchev–Trinajstić information content (AvgIpc) is 2.78. The minimum atomic E-state index is -0.530. The van der Waals surface area contributed by atoms with Crippen molar-refractivity contribution in [1.82, 2.24) is 4.90 Å². The largest absolute Gasteiger partial charge is 0.497 e. The van der Waals surface area contributed by atoms with Crippen molar-refractivity contribution in [2.24, 2.45) is 5.92 Å². The van der Waals surface area contributed by atoms with Crippen LogP contribution >= 0.6 is 15.9 Å². The number of halogens is 2. The number of ether oxygens (including phenoxy) is 1. The summed E-state index contributed by atoms with van der Waals surface area (Å²) in [6.07, 6.45) is 0.958. The SMILES string of the molecule is COc1ccc(C(=O)N2CCC(C)C2CBr)c(F)c1. The van der Waals surface area contributed by atoms with Gasteiger partial charge >= 0.3 is 0 Å². The highest BCUT2D eigenvalue weighted by atomic mass is 79.9. The summed E-state index contributed by atoms with van der Waals surface area (Å²) in [5.41, 5.74) is 0.112. The lowest BCUT2D eigenvalue weighted by Crippen LogP contribution is -2.38. The van der Waals surface area contributed by atoms with E-state index in [0.29, 0.717) is 18.2 Å². The Bertz CT molecular complexity index is 481. The maximum absolute atomic E-state index is 13.9. The van der Waals surface area contributed by atoms with E-state index in [1.807, 2.05) is 0 Å². The maximum atomic E-state index is 13.9. The number of carbonyl (C=O) groups excluding carboxylic acids is 1. The fourth-order valence-electron chi connectivity index (χ4n) is 2.45. The monoisotopic (exact) mass is 329 g/mol. The van der Waals surface area contributed by atoms with Crippen LogP contribution < -0.4 is 4.74 Å². The highest BCUT2D eigenvalue weighted by Gasteiger charge is 2.34. The van der Waals surface area contributed by atoms with Crippen LogP contribution in [0.25, 0.3) is 0 Å². The number of hydrogen-bond acceptors (Lipinski definition) is 2. The van der Waals surface area contributed by atoms with Crippen LogP contribution in [0.1, 0.15) is 23.7 Å². The maximum Gasteiger partial charge on any atom is 0.257 e. The van der Waals surface area contributed by atoms with Crippen molar-refractivity contribution >= 4 is 21.8 Å². The predicted octanol–water partition coefficient (Wildman–Crippen LogP) is 3.08. The molecule has 1 aromatic carbocycles. The molecule has 19 heavy (non-hydrogen) atoms. The summed E-state index contributed by atoms with van der Waals surface area (Å²) in [4.78, 5) is 14.2. The Balaban J connectivity index is 2.24. The molecule has 3 nitrogen and oxygen atoms in total.